The van der Waals surface area contributed by atoms with Gasteiger partial charge < -0.3 is 5.73 Å². The Bertz CT molecular complexity index is 781. The number of sulfonamides is 1. The fourth-order valence-corrected chi connectivity index (χ4v) is 4.89. The zero-order valence-corrected chi connectivity index (χ0v) is 14.9. The minimum Gasteiger partial charge on any atom is -0.329 e. The van der Waals surface area contributed by atoms with E-state index >= 15 is 0 Å². The lowest BCUT2D eigenvalue weighted by molar-refractivity contribution is 0.0693. The van der Waals surface area contributed by atoms with E-state index in [0.29, 0.717) is 6.54 Å². The molecular weight excluding hydrogens is 354 g/mol. The van der Waals surface area contributed by atoms with E-state index < -0.39 is 21.8 Å². The Labute approximate surface area is 147 Å². The van der Waals surface area contributed by atoms with E-state index in [4.69, 9.17) is 5.73 Å². The van der Waals surface area contributed by atoms with E-state index in [1.807, 2.05) is 0 Å². The summed E-state index contributed by atoms with van der Waals surface area (Å²) in [5, 5.41) is 0. The quantitative estimate of drug-likeness (QED) is 0.791. The van der Waals surface area contributed by atoms with Crippen LogP contribution in [0.25, 0.3) is 0 Å². The van der Waals surface area contributed by atoms with Gasteiger partial charge in [-0.1, -0.05) is 6.42 Å². The molecule has 1 unspecified atom stereocenters. The van der Waals surface area contributed by atoms with Crippen LogP contribution < -0.4 is 5.73 Å². The smallest absolute Gasteiger partial charge is 0.261 e. The Hall–Kier alpha value is -1.48. The number of halogens is 1. The monoisotopic (exact) mass is 373 g/mol. The standard InChI is InChI=1S/C15H19N3O4S.ClH/c1-17-14(19)12-6-5-11(8-13(12)15(17)20)23(21,22)18-7-3-2-4-10(18)9-16;/h5-6,8,10H,2-4,7,9,16H2,1H3;1H. The number of carbonyl (C=O) groups is 2. The summed E-state index contributed by atoms with van der Waals surface area (Å²) in [4.78, 5) is 25.0. The second-order valence-corrected chi connectivity index (χ2v) is 7.77. The highest BCUT2D eigenvalue weighted by Gasteiger charge is 2.37. The summed E-state index contributed by atoms with van der Waals surface area (Å²) >= 11 is 0. The molecule has 9 heteroatoms. The lowest BCUT2D eigenvalue weighted by atomic mass is 10.1. The fraction of sp³-hybridized carbons (Fsp3) is 0.467. The average molecular weight is 374 g/mol. The molecule has 0 bridgehead atoms. The summed E-state index contributed by atoms with van der Waals surface area (Å²) in [7, 11) is -2.35. The van der Waals surface area contributed by atoms with Crippen molar-refractivity contribution >= 4 is 34.2 Å². The van der Waals surface area contributed by atoms with Crippen molar-refractivity contribution in [2.45, 2.75) is 30.2 Å². The van der Waals surface area contributed by atoms with Crippen LogP contribution in [0.5, 0.6) is 0 Å². The van der Waals surface area contributed by atoms with Gasteiger partial charge in [0, 0.05) is 26.2 Å². The van der Waals surface area contributed by atoms with Crippen LogP contribution in [0.4, 0.5) is 0 Å². The summed E-state index contributed by atoms with van der Waals surface area (Å²) in [6, 6.07) is 3.88. The Morgan fingerprint density at radius 3 is 2.50 bits per heavy atom. The zero-order chi connectivity index (χ0) is 16.8. The van der Waals surface area contributed by atoms with Gasteiger partial charge in [0.2, 0.25) is 10.0 Å². The van der Waals surface area contributed by atoms with E-state index in [-0.39, 0.29) is 41.0 Å². The first-order chi connectivity index (χ1) is 10.9. The van der Waals surface area contributed by atoms with Crippen molar-refractivity contribution < 1.29 is 18.0 Å². The molecule has 132 valence electrons. The molecule has 0 aliphatic carbocycles. The average Bonchev–Trinajstić information content (AvgIpc) is 2.79. The first-order valence-electron chi connectivity index (χ1n) is 7.56. The van der Waals surface area contributed by atoms with Crippen molar-refractivity contribution in [1.29, 1.82) is 0 Å². The fourth-order valence-electron chi connectivity index (χ4n) is 3.16. The molecule has 0 saturated carbocycles. The van der Waals surface area contributed by atoms with E-state index in [0.717, 1.165) is 24.2 Å². The molecule has 1 saturated heterocycles. The van der Waals surface area contributed by atoms with Gasteiger partial charge in [-0.2, -0.15) is 4.31 Å². The molecule has 24 heavy (non-hydrogen) atoms. The Balaban J connectivity index is 0.00000208. The number of rotatable bonds is 3. The molecule has 1 fully saturated rings. The van der Waals surface area contributed by atoms with Gasteiger partial charge in [0.25, 0.3) is 11.8 Å². The van der Waals surface area contributed by atoms with E-state index in [1.165, 1.54) is 29.6 Å². The normalized spacial score (nSPS) is 21.6. The number of piperidine rings is 1. The molecule has 1 aromatic carbocycles. The third kappa shape index (κ3) is 2.83. The summed E-state index contributed by atoms with van der Waals surface area (Å²) in [5.74, 6) is -0.886. The second kappa shape index (κ2) is 6.79. The third-order valence-electron chi connectivity index (χ3n) is 4.51. The summed E-state index contributed by atoms with van der Waals surface area (Å²) in [6.07, 6.45) is 2.48. The van der Waals surface area contributed by atoms with Gasteiger partial charge in [0.05, 0.1) is 16.0 Å². The highest BCUT2D eigenvalue weighted by atomic mass is 35.5. The molecule has 0 radical (unpaired) electrons. The Morgan fingerprint density at radius 1 is 1.17 bits per heavy atom. The molecule has 1 atom stereocenters. The Morgan fingerprint density at radius 2 is 1.83 bits per heavy atom. The van der Waals surface area contributed by atoms with Gasteiger partial charge in [-0.05, 0) is 31.0 Å². The lowest BCUT2D eigenvalue weighted by Crippen LogP contribution is -2.47. The molecule has 2 amide bonds. The van der Waals surface area contributed by atoms with Crippen molar-refractivity contribution in [3.8, 4) is 0 Å². The van der Waals surface area contributed by atoms with Gasteiger partial charge in [0.1, 0.15) is 0 Å². The van der Waals surface area contributed by atoms with Crippen LogP contribution >= 0.6 is 12.4 Å². The van der Waals surface area contributed by atoms with Crippen molar-refractivity contribution in [3.63, 3.8) is 0 Å². The number of hydrogen-bond acceptors (Lipinski definition) is 5. The van der Waals surface area contributed by atoms with Gasteiger partial charge >= 0.3 is 0 Å². The molecular formula is C15H20ClN3O4S. The topological polar surface area (TPSA) is 101 Å². The van der Waals surface area contributed by atoms with Crippen LogP contribution in [0.15, 0.2) is 23.1 Å². The first kappa shape index (κ1) is 18.9. The SMILES string of the molecule is CN1C(=O)c2ccc(S(=O)(=O)N3CCCCC3CN)cc2C1=O.Cl. The highest BCUT2D eigenvalue weighted by molar-refractivity contribution is 7.89. The molecule has 2 N–H and O–H groups in total. The zero-order valence-electron chi connectivity index (χ0n) is 13.3. The molecule has 2 heterocycles. The van der Waals surface area contributed by atoms with Crippen LogP contribution in [-0.4, -0.2) is 55.6 Å². The first-order valence-corrected chi connectivity index (χ1v) is 9.00. The van der Waals surface area contributed by atoms with Crippen molar-refractivity contribution in [2.75, 3.05) is 20.1 Å². The molecule has 0 aromatic heterocycles. The lowest BCUT2D eigenvalue weighted by Gasteiger charge is -2.33. The van der Waals surface area contributed by atoms with Crippen molar-refractivity contribution in [3.05, 3.63) is 29.3 Å². The van der Waals surface area contributed by atoms with Crippen LogP contribution in [0, 0.1) is 0 Å². The molecule has 2 aliphatic rings. The van der Waals surface area contributed by atoms with Gasteiger partial charge in [-0.25, -0.2) is 8.42 Å². The number of carbonyl (C=O) groups excluding carboxylic acids is 2. The Kier molecular flexibility index (Phi) is 5.34. The maximum atomic E-state index is 12.9. The second-order valence-electron chi connectivity index (χ2n) is 5.88. The van der Waals surface area contributed by atoms with Crippen LogP contribution in [0.2, 0.25) is 0 Å². The number of amides is 2. The summed E-state index contributed by atoms with van der Waals surface area (Å²) in [5.41, 5.74) is 6.09. The minimum absolute atomic E-state index is 0. The van der Waals surface area contributed by atoms with Crippen LogP contribution in [0.3, 0.4) is 0 Å². The number of fused-ring (bicyclic) bond motifs is 1. The molecule has 2 aliphatic heterocycles. The van der Waals surface area contributed by atoms with Crippen LogP contribution in [-0.2, 0) is 10.0 Å². The largest absolute Gasteiger partial charge is 0.329 e. The van der Waals surface area contributed by atoms with Gasteiger partial charge in [0.15, 0.2) is 0 Å². The molecule has 3 rings (SSSR count). The summed E-state index contributed by atoms with van der Waals surface area (Å²) < 4.78 is 27.2. The van der Waals surface area contributed by atoms with Crippen molar-refractivity contribution in [2.24, 2.45) is 5.73 Å². The van der Waals surface area contributed by atoms with Gasteiger partial charge in [-0.3, -0.25) is 14.5 Å². The number of benzene rings is 1. The third-order valence-corrected chi connectivity index (χ3v) is 6.46. The summed E-state index contributed by atoms with van der Waals surface area (Å²) in [6.45, 7) is 0.693. The predicted octanol–water partition coefficient (Wildman–Crippen LogP) is 0.836. The van der Waals surface area contributed by atoms with E-state index in [1.54, 1.807) is 0 Å². The van der Waals surface area contributed by atoms with E-state index in [9.17, 15) is 18.0 Å². The number of imide groups is 1. The maximum absolute atomic E-state index is 12.9. The molecule has 7 nitrogen and oxygen atoms in total. The van der Waals surface area contributed by atoms with Gasteiger partial charge in [-0.15, -0.1) is 12.4 Å². The highest BCUT2D eigenvalue weighted by Crippen LogP contribution is 2.29. The van der Waals surface area contributed by atoms with Crippen LogP contribution in [0.1, 0.15) is 40.0 Å². The predicted molar refractivity (Wildman–Crippen MR) is 90.7 cm³/mol. The molecule has 1 aromatic rings. The minimum atomic E-state index is -3.73. The number of nitrogens with zero attached hydrogens (tertiary/aromatic N) is 2. The van der Waals surface area contributed by atoms with Crippen molar-refractivity contribution in [1.82, 2.24) is 9.21 Å². The molecule has 0 spiro atoms. The maximum Gasteiger partial charge on any atom is 0.261 e. The van der Waals surface area contributed by atoms with E-state index in [2.05, 4.69) is 0 Å². The number of hydrogen-bond donors (Lipinski definition) is 1. The number of nitrogens with two attached hydrogens (primary N) is 1.